The van der Waals surface area contributed by atoms with Crippen molar-refractivity contribution in [3.8, 4) is 0 Å². The second-order valence-corrected chi connectivity index (χ2v) is 5.14. The van der Waals surface area contributed by atoms with Gasteiger partial charge in [0.1, 0.15) is 0 Å². The number of carbonyl (C=O) groups is 1. The highest BCUT2D eigenvalue weighted by Crippen LogP contribution is 2.15. The molecule has 14 heavy (non-hydrogen) atoms. The first-order valence-corrected chi connectivity index (χ1v) is 6.99. The van der Waals surface area contributed by atoms with Crippen LogP contribution in [0.2, 0.25) is 0 Å². The van der Waals surface area contributed by atoms with E-state index < -0.39 is 12.1 Å². The van der Waals surface area contributed by atoms with E-state index in [1.165, 1.54) is 6.92 Å². The van der Waals surface area contributed by atoms with Crippen molar-refractivity contribution in [3.05, 3.63) is 0 Å². The van der Waals surface area contributed by atoms with Gasteiger partial charge in [0.25, 0.3) is 0 Å². The third-order valence-electron chi connectivity index (χ3n) is 1.37. The highest BCUT2D eigenvalue weighted by atomic mass is 33.1. The molecule has 1 N–H and O–H groups in total. The summed E-state index contributed by atoms with van der Waals surface area (Å²) >= 11 is 0. The standard InChI is InChI=1S/C8H16O4S2/c1-7(8(9)10)12-4-3-11-5-6-14-13-2/h7H,3-6H2,1-2H3,(H,9,10)/t7-/m0/s1. The lowest BCUT2D eigenvalue weighted by Gasteiger charge is -2.08. The third kappa shape index (κ3) is 8.68. The van der Waals surface area contributed by atoms with Gasteiger partial charge in [0.15, 0.2) is 6.10 Å². The lowest BCUT2D eigenvalue weighted by atomic mass is 10.4. The number of hydrogen-bond donors (Lipinski definition) is 1. The van der Waals surface area contributed by atoms with Gasteiger partial charge < -0.3 is 14.6 Å². The molecule has 4 nitrogen and oxygen atoms in total. The van der Waals surface area contributed by atoms with Gasteiger partial charge in [0.05, 0.1) is 19.8 Å². The van der Waals surface area contributed by atoms with Gasteiger partial charge in [-0.05, 0) is 13.2 Å². The Bertz CT molecular complexity index is 154. The second-order valence-electron chi connectivity index (χ2n) is 2.45. The Morgan fingerprint density at radius 2 is 2.14 bits per heavy atom. The summed E-state index contributed by atoms with van der Waals surface area (Å²) in [6, 6.07) is 0. The zero-order chi connectivity index (χ0) is 10.8. The van der Waals surface area contributed by atoms with Gasteiger partial charge in [0, 0.05) is 5.75 Å². The van der Waals surface area contributed by atoms with E-state index in [1.54, 1.807) is 21.6 Å². The van der Waals surface area contributed by atoms with E-state index in [-0.39, 0.29) is 0 Å². The highest BCUT2D eigenvalue weighted by molar-refractivity contribution is 8.76. The first-order valence-electron chi connectivity index (χ1n) is 4.26. The Morgan fingerprint density at radius 3 is 2.71 bits per heavy atom. The molecule has 0 heterocycles. The van der Waals surface area contributed by atoms with Gasteiger partial charge in [-0.2, -0.15) is 0 Å². The third-order valence-corrected chi connectivity index (χ3v) is 3.15. The molecule has 6 heteroatoms. The van der Waals surface area contributed by atoms with Crippen molar-refractivity contribution in [1.82, 2.24) is 0 Å². The molecular formula is C8H16O4S2. The summed E-state index contributed by atoms with van der Waals surface area (Å²) < 4.78 is 10.2. The SMILES string of the molecule is CSSCCOCCO[C@@H](C)C(=O)O. The van der Waals surface area contributed by atoms with Crippen molar-refractivity contribution in [2.45, 2.75) is 13.0 Å². The quantitative estimate of drug-likeness (QED) is 0.487. The minimum atomic E-state index is -0.942. The molecule has 0 saturated heterocycles. The molecule has 0 bridgehead atoms. The summed E-state index contributed by atoms with van der Waals surface area (Å²) in [5, 5.41) is 8.48. The largest absolute Gasteiger partial charge is 0.479 e. The van der Waals surface area contributed by atoms with Gasteiger partial charge in [0.2, 0.25) is 0 Å². The molecule has 0 saturated carbocycles. The van der Waals surface area contributed by atoms with Crippen LogP contribution in [0.1, 0.15) is 6.92 Å². The van der Waals surface area contributed by atoms with E-state index in [0.29, 0.717) is 19.8 Å². The van der Waals surface area contributed by atoms with Crippen molar-refractivity contribution < 1.29 is 19.4 Å². The summed E-state index contributed by atoms with van der Waals surface area (Å²) in [6.07, 6.45) is 1.27. The predicted octanol–water partition coefficient (Wildman–Crippen LogP) is 1.50. The number of aliphatic carboxylic acids is 1. The molecule has 0 aromatic heterocycles. The lowest BCUT2D eigenvalue weighted by molar-refractivity contribution is -0.149. The van der Waals surface area contributed by atoms with Crippen molar-refractivity contribution >= 4 is 27.6 Å². The number of rotatable bonds is 9. The molecule has 0 aliphatic rings. The Balaban J connectivity index is 3.09. The van der Waals surface area contributed by atoms with E-state index in [4.69, 9.17) is 14.6 Å². The first kappa shape index (κ1) is 14.1. The van der Waals surface area contributed by atoms with Crippen molar-refractivity contribution in [2.75, 3.05) is 31.8 Å². The summed E-state index contributed by atoms with van der Waals surface area (Å²) in [5.74, 6) is -0.00159. The van der Waals surface area contributed by atoms with E-state index >= 15 is 0 Å². The van der Waals surface area contributed by atoms with Crippen LogP contribution in [0.3, 0.4) is 0 Å². The highest BCUT2D eigenvalue weighted by Gasteiger charge is 2.09. The number of ether oxygens (including phenoxy) is 2. The van der Waals surface area contributed by atoms with Crippen LogP contribution in [0.25, 0.3) is 0 Å². The molecular weight excluding hydrogens is 224 g/mol. The fourth-order valence-corrected chi connectivity index (χ4v) is 1.69. The van der Waals surface area contributed by atoms with Crippen LogP contribution in [-0.2, 0) is 14.3 Å². The minimum absolute atomic E-state index is 0.331. The van der Waals surface area contributed by atoms with Crippen LogP contribution < -0.4 is 0 Å². The van der Waals surface area contributed by atoms with E-state index in [2.05, 4.69) is 0 Å². The van der Waals surface area contributed by atoms with Gasteiger partial charge in [-0.3, -0.25) is 0 Å². The maximum absolute atomic E-state index is 10.3. The molecule has 0 rings (SSSR count). The molecule has 0 spiro atoms. The summed E-state index contributed by atoms with van der Waals surface area (Å²) in [7, 11) is 3.44. The van der Waals surface area contributed by atoms with Gasteiger partial charge in [-0.1, -0.05) is 21.6 Å². The minimum Gasteiger partial charge on any atom is -0.479 e. The summed E-state index contributed by atoms with van der Waals surface area (Å²) in [4.78, 5) is 10.3. The van der Waals surface area contributed by atoms with Gasteiger partial charge in [-0.15, -0.1) is 0 Å². The molecule has 0 aliphatic carbocycles. The monoisotopic (exact) mass is 240 g/mol. The summed E-state index contributed by atoms with van der Waals surface area (Å²) in [5.41, 5.74) is 0. The molecule has 0 aromatic carbocycles. The van der Waals surface area contributed by atoms with Crippen LogP contribution in [0.15, 0.2) is 0 Å². The second kappa shape index (κ2) is 9.64. The Morgan fingerprint density at radius 1 is 1.43 bits per heavy atom. The van der Waals surface area contributed by atoms with Crippen LogP contribution in [-0.4, -0.2) is 49.0 Å². The van der Waals surface area contributed by atoms with Crippen LogP contribution in [0.4, 0.5) is 0 Å². The van der Waals surface area contributed by atoms with Gasteiger partial charge in [-0.25, -0.2) is 4.79 Å². The number of hydrogen-bond acceptors (Lipinski definition) is 5. The molecule has 0 amide bonds. The van der Waals surface area contributed by atoms with Crippen molar-refractivity contribution in [3.63, 3.8) is 0 Å². The molecule has 0 radical (unpaired) electrons. The average Bonchev–Trinajstić information content (AvgIpc) is 2.16. The van der Waals surface area contributed by atoms with E-state index in [0.717, 1.165) is 5.75 Å². The Hall–Kier alpha value is 0.0900. The molecule has 0 aromatic rings. The van der Waals surface area contributed by atoms with Crippen LogP contribution in [0.5, 0.6) is 0 Å². The lowest BCUT2D eigenvalue weighted by Crippen LogP contribution is -2.22. The van der Waals surface area contributed by atoms with Crippen molar-refractivity contribution in [1.29, 1.82) is 0 Å². The Labute approximate surface area is 92.1 Å². The predicted molar refractivity (Wildman–Crippen MR) is 59.8 cm³/mol. The van der Waals surface area contributed by atoms with E-state index in [1.807, 2.05) is 6.26 Å². The number of carboxylic acid groups (broad SMARTS) is 1. The van der Waals surface area contributed by atoms with Crippen LogP contribution >= 0.6 is 21.6 Å². The van der Waals surface area contributed by atoms with Crippen LogP contribution in [0, 0.1) is 0 Å². The fraction of sp³-hybridized carbons (Fsp3) is 0.875. The molecule has 0 unspecified atom stereocenters. The summed E-state index contributed by atoms with van der Waals surface area (Å²) in [6.45, 7) is 2.96. The number of carboxylic acids is 1. The molecule has 0 aliphatic heterocycles. The molecule has 1 atom stereocenters. The maximum Gasteiger partial charge on any atom is 0.332 e. The maximum atomic E-state index is 10.3. The van der Waals surface area contributed by atoms with E-state index in [9.17, 15) is 4.79 Å². The average molecular weight is 240 g/mol. The topological polar surface area (TPSA) is 55.8 Å². The zero-order valence-corrected chi connectivity index (χ0v) is 10.0. The first-order chi connectivity index (χ1) is 6.68. The Kier molecular flexibility index (Phi) is 9.70. The fourth-order valence-electron chi connectivity index (χ4n) is 0.633. The van der Waals surface area contributed by atoms with Crippen molar-refractivity contribution in [2.24, 2.45) is 0 Å². The zero-order valence-electron chi connectivity index (χ0n) is 8.39. The normalized spacial score (nSPS) is 12.7. The molecule has 0 fully saturated rings. The smallest absolute Gasteiger partial charge is 0.332 e. The van der Waals surface area contributed by atoms with Gasteiger partial charge >= 0.3 is 5.97 Å². The molecule has 84 valence electrons.